The summed E-state index contributed by atoms with van der Waals surface area (Å²) in [4.78, 5) is 28.9. The molecule has 124 valence electrons. The van der Waals surface area contributed by atoms with Gasteiger partial charge in [-0.15, -0.1) is 0 Å². The van der Waals surface area contributed by atoms with E-state index < -0.39 is 0 Å². The van der Waals surface area contributed by atoms with E-state index in [-0.39, 0.29) is 23.9 Å². The average Bonchev–Trinajstić information content (AvgIpc) is 2.79. The highest BCUT2D eigenvalue weighted by Crippen LogP contribution is 2.20. The number of H-pyrrole nitrogens is 1. The molecule has 0 radical (unpaired) electrons. The van der Waals surface area contributed by atoms with Gasteiger partial charge in [0, 0.05) is 25.3 Å². The van der Waals surface area contributed by atoms with Crippen molar-refractivity contribution in [2.45, 2.75) is 39.2 Å². The van der Waals surface area contributed by atoms with Gasteiger partial charge in [0.25, 0.3) is 5.56 Å². The van der Waals surface area contributed by atoms with Crippen molar-refractivity contribution in [2.75, 3.05) is 13.1 Å². The van der Waals surface area contributed by atoms with Crippen LogP contribution in [0.5, 0.6) is 0 Å². The number of carbonyl (C=O) groups is 1. The molecule has 3 rings (SSSR count). The molecule has 1 aliphatic rings. The van der Waals surface area contributed by atoms with Gasteiger partial charge in [0.05, 0.1) is 11.8 Å². The van der Waals surface area contributed by atoms with Crippen molar-refractivity contribution in [3.05, 3.63) is 27.2 Å². The van der Waals surface area contributed by atoms with E-state index in [0.29, 0.717) is 11.0 Å². The fourth-order valence-corrected chi connectivity index (χ4v) is 3.32. The van der Waals surface area contributed by atoms with E-state index in [2.05, 4.69) is 20.7 Å². The second kappa shape index (κ2) is 6.16. The van der Waals surface area contributed by atoms with Crippen molar-refractivity contribution >= 4 is 16.9 Å². The molecule has 2 aromatic heterocycles. The topological polar surface area (TPSA) is 91.8 Å². The molecule has 1 atom stereocenters. The molecule has 1 aliphatic heterocycles. The van der Waals surface area contributed by atoms with Crippen LogP contribution in [-0.2, 0) is 18.3 Å². The lowest BCUT2D eigenvalue weighted by molar-refractivity contribution is -0.121. The number of aryl methyl sites for hydroxylation is 3. The number of aromatic nitrogens is 3. The Kier molecular flexibility index (Phi) is 4.21. The van der Waals surface area contributed by atoms with Gasteiger partial charge in [0.2, 0.25) is 5.91 Å². The normalized spacial score (nSPS) is 18.3. The molecule has 0 unspecified atom stereocenters. The fraction of sp³-hybridized carbons (Fsp3) is 0.562. The van der Waals surface area contributed by atoms with Gasteiger partial charge < -0.3 is 10.6 Å². The molecular formula is C16H23N5O2. The number of nitrogens with one attached hydrogen (secondary N) is 3. The molecule has 7 nitrogen and oxygen atoms in total. The third-order valence-corrected chi connectivity index (χ3v) is 4.57. The van der Waals surface area contributed by atoms with Crippen LogP contribution in [0.1, 0.15) is 29.7 Å². The van der Waals surface area contributed by atoms with Crippen molar-refractivity contribution in [3.63, 3.8) is 0 Å². The van der Waals surface area contributed by atoms with Crippen LogP contribution in [0.15, 0.2) is 4.79 Å². The number of rotatable bonds is 3. The Bertz CT molecular complexity index is 799. The Balaban J connectivity index is 1.86. The van der Waals surface area contributed by atoms with Crippen LogP contribution < -0.4 is 16.2 Å². The van der Waals surface area contributed by atoms with Crippen LogP contribution in [0.4, 0.5) is 0 Å². The summed E-state index contributed by atoms with van der Waals surface area (Å²) in [7, 11) is 1.76. The molecule has 3 N–H and O–H groups in total. The molecule has 0 aromatic carbocycles. The molecule has 0 bridgehead atoms. The largest absolute Gasteiger partial charge is 0.352 e. The quantitative estimate of drug-likeness (QED) is 0.759. The smallest absolute Gasteiger partial charge is 0.273 e. The maximum absolute atomic E-state index is 12.4. The van der Waals surface area contributed by atoms with Crippen LogP contribution in [0.3, 0.4) is 0 Å². The first kappa shape index (κ1) is 15.7. The number of carbonyl (C=O) groups excluding carboxylic acids is 1. The van der Waals surface area contributed by atoms with E-state index in [1.807, 2.05) is 13.8 Å². The number of piperidine rings is 1. The summed E-state index contributed by atoms with van der Waals surface area (Å²) in [5.74, 6) is -0.0154. The number of amides is 1. The van der Waals surface area contributed by atoms with Crippen LogP contribution in [0.25, 0.3) is 11.0 Å². The third kappa shape index (κ3) is 3.01. The van der Waals surface area contributed by atoms with E-state index in [4.69, 9.17) is 0 Å². The Hall–Kier alpha value is -2.15. The zero-order valence-electron chi connectivity index (χ0n) is 13.8. The van der Waals surface area contributed by atoms with Gasteiger partial charge in [-0.05, 0) is 44.4 Å². The van der Waals surface area contributed by atoms with Crippen molar-refractivity contribution in [1.82, 2.24) is 25.4 Å². The molecule has 1 fully saturated rings. The van der Waals surface area contributed by atoms with Gasteiger partial charge >= 0.3 is 0 Å². The van der Waals surface area contributed by atoms with Crippen molar-refractivity contribution < 1.29 is 4.79 Å². The van der Waals surface area contributed by atoms with Gasteiger partial charge in [-0.2, -0.15) is 0 Å². The van der Waals surface area contributed by atoms with Crippen molar-refractivity contribution in [1.29, 1.82) is 0 Å². The van der Waals surface area contributed by atoms with Gasteiger partial charge in [-0.3, -0.25) is 19.4 Å². The van der Waals surface area contributed by atoms with Crippen LogP contribution >= 0.6 is 0 Å². The lowest BCUT2D eigenvalue weighted by Crippen LogP contribution is -2.46. The number of pyridine rings is 1. The van der Waals surface area contributed by atoms with E-state index >= 15 is 0 Å². The summed E-state index contributed by atoms with van der Waals surface area (Å²) in [6.07, 6.45) is 2.34. The number of hydrogen-bond donors (Lipinski definition) is 3. The van der Waals surface area contributed by atoms with Crippen molar-refractivity contribution in [3.8, 4) is 0 Å². The van der Waals surface area contributed by atoms with Crippen LogP contribution in [-0.4, -0.2) is 39.8 Å². The molecule has 2 aromatic rings. The lowest BCUT2D eigenvalue weighted by Gasteiger charge is -2.24. The molecule has 1 amide bonds. The Morgan fingerprint density at radius 3 is 2.91 bits per heavy atom. The standard InChI is InChI=1S/C16H23N5O2/c1-9-12(7-13(22)19-11-5-4-6-17-8-11)10(2)18-15-14(9)16(23)20-21(15)3/h11,17H,4-8H2,1-3H3,(H,19,22)(H,20,23)/t11-/m0/s1. The summed E-state index contributed by atoms with van der Waals surface area (Å²) < 4.78 is 1.62. The first-order chi connectivity index (χ1) is 11.0. The summed E-state index contributed by atoms with van der Waals surface area (Å²) >= 11 is 0. The zero-order chi connectivity index (χ0) is 16.6. The summed E-state index contributed by atoms with van der Waals surface area (Å²) in [6.45, 7) is 5.60. The first-order valence-electron chi connectivity index (χ1n) is 8.02. The molecule has 0 saturated carbocycles. The number of hydrogen-bond acceptors (Lipinski definition) is 4. The monoisotopic (exact) mass is 317 g/mol. The number of aromatic amines is 1. The number of nitrogens with zero attached hydrogens (tertiary/aromatic N) is 2. The van der Waals surface area contributed by atoms with E-state index in [0.717, 1.165) is 42.8 Å². The molecule has 0 spiro atoms. The Morgan fingerprint density at radius 2 is 2.22 bits per heavy atom. The van der Waals surface area contributed by atoms with E-state index in [1.165, 1.54) is 0 Å². The maximum atomic E-state index is 12.4. The van der Waals surface area contributed by atoms with Crippen LogP contribution in [0.2, 0.25) is 0 Å². The molecule has 1 saturated heterocycles. The van der Waals surface area contributed by atoms with Gasteiger partial charge in [-0.25, -0.2) is 4.98 Å². The first-order valence-corrected chi connectivity index (χ1v) is 8.02. The highest BCUT2D eigenvalue weighted by Gasteiger charge is 2.19. The molecule has 0 aliphatic carbocycles. The van der Waals surface area contributed by atoms with E-state index in [9.17, 15) is 9.59 Å². The predicted octanol–water partition coefficient (Wildman–Crippen LogP) is 0.289. The molecule has 7 heteroatoms. The number of fused-ring (bicyclic) bond motifs is 1. The highest BCUT2D eigenvalue weighted by molar-refractivity contribution is 5.84. The minimum Gasteiger partial charge on any atom is -0.352 e. The summed E-state index contributed by atoms with van der Waals surface area (Å²) in [5, 5.41) is 9.64. The van der Waals surface area contributed by atoms with Crippen LogP contribution in [0, 0.1) is 13.8 Å². The Morgan fingerprint density at radius 1 is 1.43 bits per heavy atom. The predicted molar refractivity (Wildman–Crippen MR) is 88.5 cm³/mol. The minimum atomic E-state index is -0.161. The minimum absolute atomic E-state index is 0.0154. The average molecular weight is 317 g/mol. The van der Waals surface area contributed by atoms with Crippen molar-refractivity contribution in [2.24, 2.45) is 7.05 Å². The summed E-state index contributed by atoms with van der Waals surface area (Å²) in [6, 6.07) is 0.189. The second-order valence-corrected chi connectivity index (χ2v) is 6.29. The maximum Gasteiger partial charge on any atom is 0.273 e. The Labute approximate surface area is 134 Å². The van der Waals surface area contributed by atoms with Gasteiger partial charge in [-0.1, -0.05) is 0 Å². The van der Waals surface area contributed by atoms with Gasteiger partial charge in [0.15, 0.2) is 5.65 Å². The second-order valence-electron chi connectivity index (χ2n) is 6.29. The SMILES string of the molecule is Cc1nc2c(c(C)c1CC(=O)N[C@H]1CCCNC1)c(=O)[nH]n2C. The zero-order valence-corrected chi connectivity index (χ0v) is 13.8. The van der Waals surface area contributed by atoms with E-state index in [1.54, 1.807) is 11.7 Å². The third-order valence-electron chi connectivity index (χ3n) is 4.57. The molecular weight excluding hydrogens is 294 g/mol. The van der Waals surface area contributed by atoms with Gasteiger partial charge in [0.1, 0.15) is 0 Å². The highest BCUT2D eigenvalue weighted by atomic mass is 16.1. The molecule has 23 heavy (non-hydrogen) atoms. The lowest BCUT2D eigenvalue weighted by atomic mass is 10.0. The molecule has 3 heterocycles. The fourth-order valence-electron chi connectivity index (χ4n) is 3.32. The summed E-state index contributed by atoms with van der Waals surface area (Å²) in [5.41, 5.74) is 2.94.